The average Bonchev–Trinajstić information content (AvgIpc) is 3.60. The zero-order chi connectivity index (χ0) is 22.5. The molecule has 0 bridgehead atoms. The van der Waals surface area contributed by atoms with Gasteiger partial charge in [-0.1, -0.05) is 42.5 Å². The molecule has 1 heterocycles. The molecule has 7 heteroatoms. The first-order chi connectivity index (χ1) is 15.6. The third kappa shape index (κ3) is 5.04. The molecule has 0 N–H and O–H groups in total. The molecule has 162 valence electrons. The summed E-state index contributed by atoms with van der Waals surface area (Å²) in [5, 5.41) is 11.2. The van der Waals surface area contributed by atoms with Gasteiger partial charge in [-0.2, -0.15) is 10.3 Å². The molecule has 0 spiro atoms. The Morgan fingerprint density at radius 3 is 2.62 bits per heavy atom. The summed E-state index contributed by atoms with van der Waals surface area (Å²) in [5.74, 6) is -0.354. The molecule has 1 fully saturated rings. The van der Waals surface area contributed by atoms with Gasteiger partial charge in [0.15, 0.2) is 4.80 Å². The van der Waals surface area contributed by atoms with Crippen LogP contribution >= 0.6 is 11.3 Å². The molecule has 1 saturated carbocycles. The second-order valence-corrected chi connectivity index (χ2v) is 8.49. The Balaban J connectivity index is 1.63. The summed E-state index contributed by atoms with van der Waals surface area (Å²) in [4.78, 5) is 29.3. The zero-order valence-electron chi connectivity index (χ0n) is 17.8. The summed E-state index contributed by atoms with van der Waals surface area (Å²) >= 11 is 1.37. The van der Waals surface area contributed by atoms with Crippen LogP contribution in [0.1, 0.15) is 36.6 Å². The molecule has 3 aromatic rings. The molecule has 0 unspecified atom stereocenters. The van der Waals surface area contributed by atoms with Gasteiger partial charge in [-0.25, -0.2) is 0 Å². The van der Waals surface area contributed by atoms with Crippen LogP contribution in [0.2, 0.25) is 0 Å². The zero-order valence-corrected chi connectivity index (χ0v) is 18.6. The Morgan fingerprint density at radius 1 is 1.19 bits per heavy atom. The van der Waals surface area contributed by atoms with Crippen LogP contribution in [0, 0.1) is 17.2 Å². The average molecular weight is 446 g/mol. The summed E-state index contributed by atoms with van der Waals surface area (Å²) in [6, 6.07) is 17.7. The Kier molecular flexibility index (Phi) is 6.62. The summed E-state index contributed by atoms with van der Waals surface area (Å²) in [6.07, 6.45) is 1.93. The van der Waals surface area contributed by atoms with E-state index in [9.17, 15) is 14.9 Å². The van der Waals surface area contributed by atoms with E-state index in [1.54, 1.807) is 13.0 Å². The van der Waals surface area contributed by atoms with E-state index in [4.69, 9.17) is 4.74 Å². The lowest BCUT2D eigenvalue weighted by Gasteiger charge is -2.10. The van der Waals surface area contributed by atoms with Crippen LogP contribution in [0.3, 0.4) is 0 Å². The maximum absolute atomic E-state index is 12.3. The second kappa shape index (κ2) is 9.75. The third-order valence-electron chi connectivity index (χ3n) is 5.29. The first kappa shape index (κ1) is 21.7. The lowest BCUT2D eigenvalue weighted by atomic mass is 9.99. The van der Waals surface area contributed by atoms with Crippen LogP contribution in [0.4, 0.5) is 0 Å². The molecule has 1 aliphatic carbocycles. The molecular weight excluding hydrogens is 422 g/mol. The molecule has 2 aromatic carbocycles. The minimum Gasteiger partial charge on any atom is -0.466 e. The Hall–Kier alpha value is -3.50. The molecule has 4 rings (SSSR count). The highest BCUT2D eigenvalue weighted by Gasteiger charge is 2.29. The van der Waals surface area contributed by atoms with E-state index >= 15 is 0 Å². The number of ether oxygens (including phenoxy) is 1. The van der Waals surface area contributed by atoms with Crippen LogP contribution in [-0.2, 0) is 27.3 Å². The minimum absolute atomic E-state index is 0.0403. The number of carbonyl (C=O) groups is 2. The van der Waals surface area contributed by atoms with Gasteiger partial charge in [-0.3, -0.25) is 9.59 Å². The number of nitrogens with zero attached hydrogens (tertiary/aromatic N) is 3. The molecule has 6 nitrogen and oxygen atoms in total. The molecule has 0 saturated heterocycles. The van der Waals surface area contributed by atoms with E-state index in [1.165, 1.54) is 11.3 Å². The number of carbonyl (C=O) groups excluding carboxylic acids is 2. The van der Waals surface area contributed by atoms with Gasteiger partial charge in [0.2, 0.25) is 0 Å². The predicted molar refractivity (Wildman–Crippen MR) is 122 cm³/mol. The molecule has 0 radical (unpaired) electrons. The fourth-order valence-corrected chi connectivity index (χ4v) is 4.35. The van der Waals surface area contributed by atoms with Gasteiger partial charge < -0.3 is 9.30 Å². The van der Waals surface area contributed by atoms with Crippen LogP contribution in [-0.4, -0.2) is 23.1 Å². The number of nitriles is 1. The first-order valence-electron chi connectivity index (χ1n) is 10.6. The number of hydrogen-bond acceptors (Lipinski definition) is 5. The molecule has 32 heavy (non-hydrogen) atoms. The van der Waals surface area contributed by atoms with E-state index in [0.717, 1.165) is 35.2 Å². The van der Waals surface area contributed by atoms with Gasteiger partial charge >= 0.3 is 5.97 Å². The standard InChI is InChI=1S/C25H23N3O3S/c1-2-31-23(29)13-21-16-32-25(27-24(30)19-11-12-19)28(21)15-17-7-9-18(10-8-17)22-6-4-3-5-20(22)14-26/h3-10,16,19H,2,11-13,15H2,1H3. The number of amides is 1. The van der Waals surface area contributed by atoms with Crippen molar-refractivity contribution in [2.45, 2.75) is 32.7 Å². The normalized spacial score (nSPS) is 13.6. The Morgan fingerprint density at radius 2 is 1.94 bits per heavy atom. The van der Waals surface area contributed by atoms with Crippen molar-refractivity contribution in [1.82, 2.24) is 4.57 Å². The highest BCUT2D eigenvalue weighted by Crippen LogP contribution is 2.30. The van der Waals surface area contributed by atoms with Crippen molar-refractivity contribution in [3.05, 3.63) is 75.5 Å². The minimum atomic E-state index is -0.303. The highest BCUT2D eigenvalue weighted by atomic mass is 32.1. The van der Waals surface area contributed by atoms with Crippen LogP contribution < -0.4 is 4.80 Å². The fraction of sp³-hybridized carbons (Fsp3) is 0.280. The molecule has 1 amide bonds. The van der Waals surface area contributed by atoms with Crippen molar-refractivity contribution in [1.29, 1.82) is 5.26 Å². The monoisotopic (exact) mass is 445 g/mol. The van der Waals surface area contributed by atoms with E-state index < -0.39 is 0 Å². The highest BCUT2D eigenvalue weighted by molar-refractivity contribution is 7.07. The lowest BCUT2D eigenvalue weighted by Crippen LogP contribution is -2.22. The first-order valence-corrected chi connectivity index (χ1v) is 11.5. The molecule has 1 aliphatic rings. The van der Waals surface area contributed by atoms with Gasteiger partial charge in [0.25, 0.3) is 5.91 Å². The maximum atomic E-state index is 12.3. The predicted octanol–water partition coefficient (Wildman–Crippen LogP) is 4.08. The molecule has 0 atom stereocenters. The van der Waals surface area contributed by atoms with Gasteiger partial charge in [0, 0.05) is 17.0 Å². The SMILES string of the molecule is CCOC(=O)Cc1csc(=NC(=O)C2CC2)n1Cc1ccc(-c2ccccc2C#N)cc1. The smallest absolute Gasteiger partial charge is 0.311 e. The lowest BCUT2D eigenvalue weighted by molar-refractivity contribution is -0.142. The number of esters is 1. The topological polar surface area (TPSA) is 84.4 Å². The van der Waals surface area contributed by atoms with Gasteiger partial charge in [-0.15, -0.1) is 11.3 Å². The van der Waals surface area contributed by atoms with E-state index in [2.05, 4.69) is 11.1 Å². The second-order valence-electron chi connectivity index (χ2n) is 7.66. The Labute approximate surface area is 190 Å². The summed E-state index contributed by atoms with van der Waals surface area (Å²) in [7, 11) is 0. The van der Waals surface area contributed by atoms with Crippen molar-refractivity contribution < 1.29 is 14.3 Å². The van der Waals surface area contributed by atoms with Crippen molar-refractivity contribution in [3.8, 4) is 17.2 Å². The Bertz CT molecular complexity index is 1240. The third-order valence-corrected chi connectivity index (χ3v) is 6.21. The number of benzene rings is 2. The van der Waals surface area contributed by atoms with E-state index in [-0.39, 0.29) is 24.2 Å². The quantitative estimate of drug-likeness (QED) is 0.513. The molecule has 0 aliphatic heterocycles. The van der Waals surface area contributed by atoms with Gasteiger partial charge in [0.05, 0.1) is 31.2 Å². The number of aromatic nitrogens is 1. The van der Waals surface area contributed by atoms with Crippen molar-refractivity contribution in [3.63, 3.8) is 0 Å². The van der Waals surface area contributed by atoms with E-state index in [0.29, 0.717) is 23.5 Å². The van der Waals surface area contributed by atoms with E-state index in [1.807, 2.05) is 52.4 Å². The van der Waals surface area contributed by atoms with Gasteiger partial charge in [-0.05, 0) is 42.5 Å². The molecular formula is C25H23N3O3S. The van der Waals surface area contributed by atoms with Crippen LogP contribution in [0.5, 0.6) is 0 Å². The number of rotatable bonds is 7. The van der Waals surface area contributed by atoms with Crippen LogP contribution in [0.25, 0.3) is 11.1 Å². The van der Waals surface area contributed by atoms with Gasteiger partial charge in [0.1, 0.15) is 0 Å². The molecule has 1 aromatic heterocycles. The van der Waals surface area contributed by atoms with Crippen molar-refractivity contribution >= 4 is 23.2 Å². The maximum Gasteiger partial charge on any atom is 0.311 e. The summed E-state index contributed by atoms with van der Waals surface area (Å²) in [6.45, 7) is 2.59. The summed E-state index contributed by atoms with van der Waals surface area (Å²) in [5.41, 5.74) is 4.26. The fourth-order valence-electron chi connectivity index (χ4n) is 3.44. The van der Waals surface area contributed by atoms with Crippen LogP contribution in [0.15, 0.2) is 58.9 Å². The number of hydrogen-bond donors (Lipinski definition) is 0. The summed E-state index contributed by atoms with van der Waals surface area (Å²) < 4.78 is 7.02. The van der Waals surface area contributed by atoms with Crippen molar-refractivity contribution in [2.24, 2.45) is 10.9 Å². The largest absolute Gasteiger partial charge is 0.466 e. The number of thiazole rings is 1. The van der Waals surface area contributed by atoms with Crippen molar-refractivity contribution in [2.75, 3.05) is 6.61 Å².